The predicted molar refractivity (Wildman–Crippen MR) is 155 cm³/mol. The van der Waals surface area contributed by atoms with Crippen LogP contribution in [0.3, 0.4) is 0 Å². The number of benzene rings is 2. The van der Waals surface area contributed by atoms with Crippen LogP contribution in [0.5, 0.6) is 0 Å². The number of hydrogen-bond donors (Lipinski definition) is 2. The first kappa shape index (κ1) is 25.4. The lowest BCUT2D eigenvalue weighted by Gasteiger charge is -2.29. The van der Waals surface area contributed by atoms with Gasteiger partial charge in [-0.25, -0.2) is 4.98 Å². The van der Waals surface area contributed by atoms with E-state index in [2.05, 4.69) is 28.5 Å². The van der Waals surface area contributed by atoms with Gasteiger partial charge in [0.2, 0.25) is 5.95 Å². The molecule has 0 saturated heterocycles. The number of nitroso groups, excluding NO2 is 1. The zero-order chi connectivity index (χ0) is 26.6. The summed E-state index contributed by atoms with van der Waals surface area (Å²) in [5.41, 5.74) is 3.73. The van der Waals surface area contributed by atoms with E-state index < -0.39 is 0 Å². The van der Waals surface area contributed by atoms with Gasteiger partial charge in [-0.2, -0.15) is 4.98 Å². The summed E-state index contributed by atoms with van der Waals surface area (Å²) < 4.78 is 6.01. The van der Waals surface area contributed by atoms with E-state index in [4.69, 9.17) is 14.4 Å². The van der Waals surface area contributed by atoms with Crippen molar-refractivity contribution in [3.63, 3.8) is 0 Å². The molecule has 8 heteroatoms. The number of fused-ring (bicyclic) bond motifs is 1. The van der Waals surface area contributed by atoms with Crippen LogP contribution in [0.25, 0.3) is 27.9 Å². The van der Waals surface area contributed by atoms with Gasteiger partial charge in [-0.05, 0) is 85.7 Å². The molecule has 0 radical (unpaired) electrons. The number of para-hydroxylation sites is 1. The first-order valence-electron chi connectivity index (χ1n) is 13.1. The summed E-state index contributed by atoms with van der Waals surface area (Å²) in [4.78, 5) is 22.8. The van der Waals surface area contributed by atoms with Crippen LogP contribution in [0.4, 0.5) is 17.5 Å². The van der Waals surface area contributed by atoms with Crippen molar-refractivity contribution in [3.8, 4) is 11.3 Å². The van der Waals surface area contributed by atoms with Crippen molar-refractivity contribution in [2.75, 3.05) is 30.9 Å². The molecule has 38 heavy (non-hydrogen) atoms. The quantitative estimate of drug-likeness (QED) is 0.237. The molecule has 2 heterocycles. The molecule has 5 rings (SSSR count). The predicted octanol–water partition coefficient (Wildman–Crippen LogP) is 6.89. The standard InChI is InChI=1S/C30H34N6O2/c1-19-9-14-23(26(17-19)35-37)28-16-15-27(38-28)20(2)31-18-21-10-12-22(13-11-21)32-30-33-25-8-6-5-7-24(25)29(34-30)36(3)4/h5-9,14-17,21-22,31H,2,10-13,18H2,1,3-4H3,(H,32,33,34). The Kier molecular flexibility index (Phi) is 7.40. The largest absolute Gasteiger partial charge is 0.455 e. The lowest BCUT2D eigenvalue weighted by atomic mass is 9.86. The zero-order valence-corrected chi connectivity index (χ0v) is 22.2. The number of aryl methyl sites for hydroxylation is 1. The third-order valence-corrected chi connectivity index (χ3v) is 7.21. The van der Waals surface area contributed by atoms with Gasteiger partial charge in [-0.15, -0.1) is 4.91 Å². The number of nitrogens with one attached hydrogen (secondary N) is 2. The Morgan fingerprint density at radius 2 is 1.87 bits per heavy atom. The van der Waals surface area contributed by atoms with Crippen molar-refractivity contribution < 1.29 is 4.42 Å². The fourth-order valence-electron chi connectivity index (χ4n) is 5.08. The monoisotopic (exact) mass is 510 g/mol. The minimum absolute atomic E-state index is 0.355. The van der Waals surface area contributed by atoms with E-state index in [-0.39, 0.29) is 0 Å². The molecule has 0 spiro atoms. The molecule has 8 nitrogen and oxygen atoms in total. The summed E-state index contributed by atoms with van der Waals surface area (Å²) >= 11 is 0. The van der Waals surface area contributed by atoms with Gasteiger partial charge in [0.25, 0.3) is 0 Å². The van der Waals surface area contributed by atoms with Gasteiger partial charge in [0.1, 0.15) is 23.0 Å². The highest BCUT2D eigenvalue weighted by molar-refractivity contribution is 5.90. The number of aromatic nitrogens is 2. The highest BCUT2D eigenvalue weighted by atomic mass is 16.3. The van der Waals surface area contributed by atoms with Crippen LogP contribution in [0.1, 0.15) is 37.0 Å². The summed E-state index contributed by atoms with van der Waals surface area (Å²) in [5.74, 6) is 3.45. The number of nitrogens with zero attached hydrogens (tertiary/aromatic N) is 4. The number of hydrogen-bond acceptors (Lipinski definition) is 8. The van der Waals surface area contributed by atoms with Crippen molar-refractivity contribution in [1.29, 1.82) is 0 Å². The molecule has 1 fully saturated rings. The molecule has 0 atom stereocenters. The summed E-state index contributed by atoms with van der Waals surface area (Å²) in [6.07, 6.45) is 4.33. The Morgan fingerprint density at radius 1 is 1.08 bits per heavy atom. The van der Waals surface area contributed by atoms with Gasteiger partial charge in [0.15, 0.2) is 0 Å². The number of furan rings is 1. The van der Waals surface area contributed by atoms with Gasteiger partial charge in [-0.1, -0.05) is 24.8 Å². The Balaban J connectivity index is 1.14. The van der Waals surface area contributed by atoms with Crippen molar-refractivity contribution >= 4 is 34.1 Å². The van der Waals surface area contributed by atoms with Crippen molar-refractivity contribution in [3.05, 3.63) is 77.4 Å². The maximum Gasteiger partial charge on any atom is 0.225 e. The van der Waals surface area contributed by atoms with Gasteiger partial charge >= 0.3 is 0 Å². The molecular weight excluding hydrogens is 476 g/mol. The van der Waals surface area contributed by atoms with Crippen LogP contribution >= 0.6 is 0 Å². The summed E-state index contributed by atoms with van der Waals surface area (Å²) in [6.45, 7) is 6.94. The topological polar surface area (TPSA) is 95.6 Å². The van der Waals surface area contributed by atoms with E-state index in [9.17, 15) is 4.91 Å². The molecule has 1 aliphatic rings. The van der Waals surface area contributed by atoms with E-state index in [1.54, 1.807) is 6.07 Å². The van der Waals surface area contributed by atoms with E-state index in [1.807, 2.05) is 68.4 Å². The molecule has 2 aromatic heterocycles. The highest BCUT2D eigenvalue weighted by Gasteiger charge is 2.23. The summed E-state index contributed by atoms with van der Waals surface area (Å²) in [6, 6.07) is 17.8. The fourth-order valence-corrected chi connectivity index (χ4v) is 5.08. The van der Waals surface area contributed by atoms with Crippen LogP contribution in [-0.4, -0.2) is 36.6 Å². The van der Waals surface area contributed by atoms with E-state index in [0.717, 1.165) is 60.2 Å². The third kappa shape index (κ3) is 5.54. The first-order valence-corrected chi connectivity index (χ1v) is 13.1. The van der Waals surface area contributed by atoms with Crippen molar-refractivity contribution in [2.45, 2.75) is 38.6 Å². The van der Waals surface area contributed by atoms with Crippen molar-refractivity contribution in [1.82, 2.24) is 15.3 Å². The third-order valence-electron chi connectivity index (χ3n) is 7.21. The van der Waals surface area contributed by atoms with Crippen LogP contribution < -0.4 is 15.5 Å². The Labute approximate surface area is 223 Å². The smallest absolute Gasteiger partial charge is 0.225 e. The Hall–Kier alpha value is -4.20. The minimum atomic E-state index is 0.355. The van der Waals surface area contributed by atoms with E-state index >= 15 is 0 Å². The Bertz CT molecular complexity index is 1450. The molecule has 0 amide bonds. The lowest BCUT2D eigenvalue weighted by molar-refractivity contribution is 0.334. The average Bonchev–Trinajstić information content (AvgIpc) is 3.42. The fraction of sp³-hybridized carbons (Fsp3) is 0.333. The van der Waals surface area contributed by atoms with Crippen LogP contribution in [0.2, 0.25) is 0 Å². The molecule has 0 unspecified atom stereocenters. The molecular formula is C30H34N6O2. The number of rotatable bonds is 9. The summed E-state index contributed by atoms with van der Waals surface area (Å²) in [7, 11) is 4.02. The maximum absolute atomic E-state index is 11.3. The Morgan fingerprint density at radius 3 is 2.63 bits per heavy atom. The normalized spacial score (nSPS) is 17.2. The van der Waals surface area contributed by atoms with Crippen LogP contribution in [0, 0.1) is 17.7 Å². The van der Waals surface area contributed by atoms with Gasteiger partial charge in [-0.3, -0.25) is 0 Å². The molecule has 0 bridgehead atoms. The zero-order valence-electron chi connectivity index (χ0n) is 22.2. The van der Waals surface area contributed by atoms with Crippen LogP contribution in [0.15, 0.2) is 70.8 Å². The molecule has 2 N–H and O–H groups in total. The SMILES string of the molecule is C=C(NCC1CCC(Nc2nc(N(C)C)c3ccccc3n2)CC1)c1ccc(-c2ccc(C)cc2N=O)o1. The lowest BCUT2D eigenvalue weighted by Crippen LogP contribution is -2.31. The molecule has 196 valence electrons. The van der Waals surface area contributed by atoms with Gasteiger partial charge in [0.05, 0.1) is 11.2 Å². The maximum atomic E-state index is 11.3. The second-order valence-electron chi connectivity index (χ2n) is 10.3. The number of anilines is 2. The second kappa shape index (κ2) is 11.0. The van der Waals surface area contributed by atoms with Crippen molar-refractivity contribution in [2.24, 2.45) is 11.1 Å². The van der Waals surface area contributed by atoms with Gasteiger partial charge in [0, 0.05) is 37.6 Å². The summed E-state index contributed by atoms with van der Waals surface area (Å²) in [5, 5.41) is 11.2. The average molecular weight is 511 g/mol. The molecule has 2 aromatic carbocycles. The molecule has 0 aliphatic heterocycles. The molecule has 1 saturated carbocycles. The van der Waals surface area contributed by atoms with Gasteiger partial charge < -0.3 is 20.0 Å². The van der Waals surface area contributed by atoms with E-state index in [0.29, 0.717) is 40.7 Å². The van der Waals surface area contributed by atoms with E-state index in [1.165, 1.54) is 0 Å². The molecule has 1 aliphatic carbocycles. The second-order valence-corrected chi connectivity index (χ2v) is 10.3. The minimum Gasteiger partial charge on any atom is -0.455 e. The highest BCUT2D eigenvalue weighted by Crippen LogP contribution is 2.34. The first-order chi connectivity index (χ1) is 18.4. The molecule has 4 aromatic rings. The van der Waals surface area contributed by atoms with Crippen LogP contribution in [-0.2, 0) is 0 Å².